The monoisotopic (exact) mass is 674 g/mol. The number of aliphatic carboxylic acids is 1. The van der Waals surface area contributed by atoms with Crippen LogP contribution in [-0.4, -0.2) is 46.0 Å². The van der Waals surface area contributed by atoms with Crippen molar-refractivity contribution in [3.05, 3.63) is 91.4 Å². The van der Waals surface area contributed by atoms with Gasteiger partial charge in [0.05, 0.1) is 18.0 Å². The van der Waals surface area contributed by atoms with Crippen molar-refractivity contribution in [1.29, 1.82) is 0 Å². The summed E-state index contributed by atoms with van der Waals surface area (Å²) in [6.45, 7) is 13.1. The van der Waals surface area contributed by atoms with Crippen molar-refractivity contribution in [2.45, 2.75) is 91.8 Å². The standard InChI is InChI=1S/C37H43F5N2O4/c1-20(2)12-29(44-19-25(22(4)15-31(44)46)8-11-43-9-7-10-43)30(45)16-26(17-32(47)48)34-35(38)27(18-28(36(34)39)37(40,41)42)33-23(5)13-21(3)14-24(33)6/h13-15,18-20,26,29H,7-12,16-17H2,1-6H3,(H,47,48)/t26-,29?/m0/s1. The number of aryl methyl sites for hydroxylation is 4. The molecular formula is C37H43F5N2O4. The average Bonchev–Trinajstić information content (AvgIpc) is 2.91. The number of carboxylic acids is 1. The number of halogens is 5. The first-order valence-corrected chi connectivity index (χ1v) is 16.2. The molecule has 0 radical (unpaired) electrons. The van der Waals surface area contributed by atoms with Crippen molar-refractivity contribution >= 4 is 11.8 Å². The van der Waals surface area contributed by atoms with E-state index < -0.39 is 76.6 Å². The summed E-state index contributed by atoms with van der Waals surface area (Å²) in [7, 11) is 0. The molecule has 0 bridgehead atoms. The Bertz CT molecular complexity index is 1730. The van der Waals surface area contributed by atoms with Gasteiger partial charge in [-0.2, -0.15) is 13.2 Å². The minimum absolute atomic E-state index is 0.125. The number of hydrogen-bond acceptors (Lipinski definition) is 4. The van der Waals surface area contributed by atoms with E-state index >= 15 is 8.78 Å². The molecule has 1 N–H and O–H groups in total. The van der Waals surface area contributed by atoms with Crippen LogP contribution >= 0.6 is 0 Å². The number of alkyl halides is 3. The normalized spacial score (nSPS) is 15.0. The van der Waals surface area contributed by atoms with E-state index in [0.29, 0.717) is 23.6 Å². The lowest BCUT2D eigenvalue weighted by Crippen LogP contribution is -2.38. The molecule has 0 spiro atoms. The molecule has 1 aliphatic rings. The molecule has 260 valence electrons. The van der Waals surface area contributed by atoms with Gasteiger partial charge in [-0.1, -0.05) is 31.5 Å². The van der Waals surface area contributed by atoms with Crippen LogP contribution in [0.2, 0.25) is 0 Å². The van der Waals surface area contributed by atoms with E-state index in [1.807, 2.05) is 13.8 Å². The molecule has 1 aliphatic heterocycles. The number of benzene rings is 2. The summed E-state index contributed by atoms with van der Waals surface area (Å²) in [5.41, 5.74) is -0.469. The molecule has 0 aliphatic carbocycles. The molecule has 2 aromatic carbocycles. The highest BCUT2D eigenvalue weighted by molar-refractivity contribution is 5.84. The number of rotatable bonds is 13. The number of nitrogens with zero attached hydrogens (tertiary/aromatic N) is 2. The molecule has 6 nitrogen and oxygen atoms in total. The van der Waals surface area contributed by atoms with Crippen molar-refractivity contribution < 1.29 is 36.6 Å². The molecule has 4 rings (SSSR count). The molecule has 1 saturated heterocycles. The number of ketones is 1. The maximum absolute atomic E-state index is 16.5. The van der Waals surface area contributed by atoms with E-state index in [9.17, 15) is 32.7 Å². The number of likely N-dealkylation sites (tertiary alicyclic amines) is 1. The number of carbonyl (C=O) groups is 2. The highest BCUT2D eigenvalue weighted by Crippen LogP contribution is 2.43. The Kier molecular flexibility index (Phi) is 11.3. The van der Waals surface area contributed by atoms with Gasteiger partial charge in [0.2, 0.25) is 0 Å². The predicted molar refractivity (Wildman–Crippen MR) is 174 cm³/mol. The smallest absolute Gasteiger partial charge is 0.419 e. The van der Waals surface area contributed by atoms with Gasteiger partial charge in [0.25, 0.3) is 5.56 Å². The highest BCUT2D eigenvalue weighted by atomic mass is 19.4. The van der Waals surface area contributed by atoms with Crippen LogP contribution in [-0.2, 0) is 22.2 Å². The highest BCUT2D eigenvalue weighted by Gasteiger charge is 2.40. The first kappa shape index (κ1) is 37.0. The summed E-state index contributed by atoms with van der Waals surface area (Å²) < 4.78 is 76.5. The fourth-order valence-electron chi connectivity index (χ4n) is 6.80. The molecule has 0 amide bonds. The van der Waals surface area contributed by atoms with E-state index in [1.54, 1.807) is 46.0 Å². The summed E-state index contributed by atoms with van der Waals surface area (Å²) >= 11 is 0. The van der Waals surface area contributed by atoms with E-state index in [4.69, 9.17) is 0 Å². The van der Waals surface area contributed by atoms with Gasteiger partial charge in [-0.05, 0) is 99.8 Å². The Morgan fingerprint density at radius 3 is 2.06 bits per heavy atom. The van der Waals surface area contributed by atoms with Crippen molar-refractivity contribution in [2.24, 2.45) is 5.92 Å². The lowest BCUT2D eigenvalue weighted by atomic mass is 9.83. The fraction of sp³-hybridized carbons (Fsp3) is 0.486. The van der Waals surface area contributed by atoms with Crippen LogP contribution in [0.15, 0.2) is 35.3 Å². The van der Waals surface area contributed by atoms with E-state index in [-0.39, 0.29) is 17.9 Å². The first-order valence-electron chi connectivity index (χ1n) is 16.2. The zero-order valence-corrected chi connectivity index (χ0v) is 28.2. The van der Waals surface area contributed by atoms with Crippen LogP contribution < -0.4 is 5.56 Å². The topological polar surface area (TPSA) is 79.6 Å². The zero-order chi connectivity index (χ0) is 35.7. The predicted octanol–water partition coefficient (Wildman–Crippen LogP) is 8.10. The van der Waals surface area contributed by atoms with Crippen LogP contribution in [0.25, 0.3) is 11.1 Å². The zero-order valence-electron chi connectivity index (χ0n) is 28.2. The molecule has 11 heteroatoms. The van der Waals surface area contributed by atoms with Gasteiger partial charge >= 0.3 is 12.1 Å². The second kappa shape index (κ2) is 14.7. The second-order valence-corrected chi connectivity index (χ2v) is 13.6. The minimum Gasteiger partial charge on any atom is -0.481 e. The summed E-state index contributed by atoms with van der Waals surface area (Å²) in [5, 5.41) is 9.78. The largest absolute Gasteiger partial charge is 0.481 e. The number of pyridine rings is 1. The molecule has 1 fully saturated rings. The number of Topliss-reactive ketones (excluding diaryl/α,β-unsaturated/α-hetero) is 1. The number of carbonyl (C=O) groups excluding carboxylic acids is 1. The number of aromatic nitrogens is 1. The summed E-state index contributed by atoms with van der Waals surface area (Å²) in [6, 6.07) is 4.02. The van der Waals surface area contributed by atoms with Gasteiger partial charge < -0.3 is 14.6 Å². The Labute approximate surface area is 277 Å². The molecule has 2 atom stereocenters. The van der Waals surface area contributed by atoms with Crippen LogP contribution in [0.1, 0.15) is 90.4 Å². The SMILES string of the molecule is Cc1cc(C)c(-c2cc(C(F)(F)F)c(F)c([C@H](CC(=O)O)CC(=O)C(CC(C)C)n3cc(CCN4CCC4)c(C)cc3=O)c2F)c(C)c1. The Morgan fingerprint density at radius 1 is 0.917 bits per heavy atom. The third kappa shape index (κ3) is 8.22. The minimum atomic E-state index is -5.24. The lowest BCUT2D eigenvalue weighted by molar-refractivity contribution is -0.140. The summed E-state index contributed by atoms with van der Waals surface area (Å²) in [5.74, 6) is -7.47. The second-order valence-electron chi connectivity index (χ2n) is 13.6. The van der Waals surface area contributed by atoms with E-state index in [2.05, 4.69) is 4.90 Å². The van der Waals surface area contributed by atoms with Gasteiger partial charge in [0.1, 0.15) is 11.6 Å². The number of carboxylic acid groups (broad SMARTS) is 1. The molecule has 0 saturated carbocycles. The van der Waals surface area contributed by atoms with Gasteiger partial charge in [0.15, 0.2) is 5.78 Å². The Balaban J connectivity index is 1.85. The van der Waals surface area contributed by atoms with Crippen molar-refractivity contribution in [2.75, 3.05) is 19.6 Å². The van der Waals surface area contributed by atoms with Crippen LogP contribution in [0.4, 0.5) is 22.0 Å². The van der Waals surface area contributed by atoms with Gasteiger partial charge in [-0.3, -0.25) is 14.4 Å². The van der Waals surface area contributed by atoms with E-state index in [1.165, 1.54) is 10.6 Å². The molecular weight excluding hydrogens is 631 g/mol. The molecule has 48 heavy (non-hydrogen) atoms. The molecule has 1 aromatic heterocycles. The van der Waals surface area contributed by atoms with Gasteiger partial charge in [-0.15, -0.1) is 0 Å². The average molecular weight is 675 g/mol. The molecule has 1 unspecified atom stereocenters. The Morgan fingerprint density at radius 2 is 1.54 bits per heavy atom. The molecule has 3 aromatic rings. The lowest BCUT2D eigenvalue weighted by Gasteiger charge is -2.31. The fourth-order valence-corrected chi connectivity index (χ4v) is 6.80. The molecule has 2 heterocycles. The summed E-state index contributed by atoms with van der Waals surface area (Å²) in [4.78, 5) is 41.7. The Hall–Kier alpha value is -3.86. The first-order chi connectivity index (χ1) is 22.4. The van der Waals surface area contributed by atoms with Gasteiger partial charge in [-0.25, -0.2) is 8.78 Å². The number of hydrogen-bond donors (Lipinski definition) is 1. The van der Waals surface area contributed by atoms with Crippen molar-refractivity contribution in [3.63, 3.8) is 0 Å². The van der Waals surface area contributed by atoms with Crippen molar-refractivity contribution in [3.8, 4) is 11.1 Å². The third-order valence-corrected chi connectivity index (χ3v) is 9.21. The van der Waals surface area contributed by atoms with Crippen LogP contribution in [0.3, 0.4) is 0 Å². The quantitative estimate of drug-likeness (QED) is 0.186. The van der Waals surface area contributed by atoms with Crippen LogP contribution in [0.5, 0.6) is 0 Å². The van der Waals surface area contributed by atoms with E-state index in [0.717, 1.165) is 42.7 Å². The van der Waals surface area contributed by atoms with Crippen molar-refractivity contribution in [1.82, 2.24) is 9.47 Å². The van der Waals surface area contributed by atoms with Gasteiger partial charge in [0, 0.05) is 42.3 Å². The summed E-state index contributed by atoms with van der Waals surface area (Å²) in [6.07, 6.45) is -3.56. The van der Waals surface area contributed by atoms with Crippen LogP contribution in [0, 0.1) is 45.2 Å². The third-order valence-electron chi connectivity index (χ3n) is 9.21. The maximum atomic E-state index is 16.5. The maximum Gasteiger partial charge on any atom is 0.419 e.